The number of halogens is 5. The average molecular weight is 464 g/mol. The van der Waals surface area contributed by atoms with Crippen molar-refractivity contribution in [2.24, 2.45) is 0 Å². The molecule has 0 radical (unpaired) electrons. The zero-order valence-corrected chi connectivity index (χ0v) is 17.4. The smallest absolute Gasteiger partial charge is 0.425 e. The first-order valence-corrected chi connectivity index (χ1v) is 9.61. The van der Waals surface area contributed by atoms with Gasteiger partial charge in [0.05, 0.1) is 11.1 Å². The zero-order valence-electron chi connectivity index (χ0n) is 17.4. The molecular weight excluding hydrogens is 447 g/mol. The van der Waals surface area contributed by atoms with Crippen LogP contribution in [0.25, 0.3) is 11.1 Å². The summed E-state index contributed by atoms with van der Waals surface area (Å²) in [6, 6.07) is 14.6. The molecule has 1 atom stereocenters. The normalized spacial score (nSPS) is 12.2. The summed E-state index contributed by atoms with van der Waals surface area (Å²) in [7, 11) is 0. The van der Waals surface area contributed by atoms with Crippen molar-refractivity contribution >= 4 is 11.9 Å². The van der Waals surface area contributed by atoms with Crippen LogP contribution in [0.15, 0.2) is 60.7 Å². The Morgan fingerprint density at radius 1 is 0.818 bits per heavy atom. The molecule has 3 rings (SSSR count). The van der Waals surface area contributed by atoms with E-state index in [1.54, 1.807) is 12.1 Å². The van der Waals surface area contributed by atoms with Gasteiger partial charge >= 0.3 is 18.1 Å². The third-order valence-corrected chi connectivity index (χ3v) is 4.69. The molecule has 0 aliphatic carbocycles. The molecule has 33 heavy (non-hydrogen) atoms. The van der Waals surface area contributed by atoms with Crippen molar-refractivity contribution in [2.45, 2.75) is 26.1 Å². The first-order valence-electron chi connectivity index (χ1n) is 9.61. The molecule has 0 spiro atoms. The van der Waals surface area contributed by atoms with Crippen molar-refractivity contribution in [1.82, 2.24) is 0 Å². The summed E-state index contributed by atoms with van der Waals surface area (Å²) in [6.45, 7) is 2.50. The van der Waals surface area contributed by atoms with Crippen LogP contribution in [-0.2, 0) is 4.74 Å². The predicted molar refractivity (Wildman–Crippen MR) is 109 cm³/mol. The van der Waals surface area contributed by atoms with Crippen molar-refractivity contribution in [2.75, 3.05) is 0 Å². The molecule has 172 valence electrons. The molecule has 4 nitrogen and oxygen atoms in total. The van der Waals surface area contributed by atoms with Gasteiger partial charge < -0.3 is 9.47 Å². The maximum absolute atomic E-state index is 14.3. The van der Waals surface area contributed by atoms with Gasteiger partial charge in [-0.1, -0.05) is 42.0 Å². The number of hydrogen-bond acceptors (Lipinski definition) is 4. The number of carbonyl (C=O) groups is 2. The lowest BCUT2D eigenvalue weighted by atomic mass is 10.0. The van der Waals surface area contributed by atoms with Crippen molar-refractivity contribution in [1.29, 1.82) is 0 Å². The molecule has 3 aromatic rings. The number of carbonyl (C=O) groups excluding carboxylic acids is 2. The monoisotopic (exact) mass is 464 g/mol. The van der Waals surface area contributed by atoms with Crippen molar-refractivity contribution in [3.63, 3.8) is 0 Å². The quantitative estimate of drug-likeness (QED) is 0.254. The minimum atomic E-state index is -4.87. The summed E-state index contributed by atoms with van der Waals surface area (Å²) in [6.07, 6.45) is -7.39. The topological polar surface area (TPSA) is 52.6 Å². The highest BCUT2D eigenvalue weighted by Gasteiger charge is 2.39. The Kier molecular flexibility index (Phi) is 6.81. The summed E-state index contributed by atoms with van der Waals surface area (Å²) in [5, 5.41) is 0. The van der Waals surface area contributed by atoms with Crippen LogP contribution in [-0.4, -0.2) is 24.2 Å². The van der Waals surface area contributed by atoms with Crippen LogP contribution in [0, 0.1) is 18.6 Å². The minimum Gasteiger partial charge on any atom is -0.449 e. The van der Waals surface area contributed by atoms with Gasteiger partial charge in [0.2, 0.25) is 0 Å². The van der Waals surface area contributed by atoms with Crippen molar-refractivity contribution in [3.8, 4) is 16.9 Å². The summed E-state index contributed by atoms with van der Waals surface area (Å²) < 4.78 is 75.0. The molecular formula is C24H17F5O4. The Balaban J connectivity index is 1.74. The summed E-state index contributed by atoms with van der Waals surface area (Å²) in [4.78, 5) is 24.1. The highest BCUT2D eigenvalue weighted by Crippen LogP contribution is 2.27. The SMILES string of the molecule is Cc1ccc(-c2ccc(C(=O)Oc3cc(F)c(C(=O)OC(C)C(F)(F)F)cc3F)cc2)cc1. The second kappa shape index (κ2) is 9.40. The molecule has 0 aliphatic rings. The van der Waals surface area contributed by atoms with Gasteiger partial charge in [-0.05, 0) is 43.2 Å². The number of ether oxygens (including phenoxy) is 2. The van der Waals surface area contributed by atoms with E-state index in [0.717, 1.165) is 16.7 Å². The Hall–Kier alpha value is -3.75. The summed E-state index contributed by atoms with van der Waals surface area (Å²) in [5.74, 6) is -6.27. The first kappa shape index (κ1) is 23.9. The van der Waals surface area contributed by atoms with Crippen molar-refractivity contribution < 1.29 is 41.0 Å². The van der Waals surface area contributed by atoms with Gasteiger partial charge in [0.15, 0.2) is 17.7 Å². The fourth-order valence-electron chi connectivity index (χ4n) is 2.76. The van der Waals surface area contributed by atoms with Gasteiger partial charge in [0.1, 0.15) is 5.82 Å². The van der Waals surface area contributed by atoms with E-state index in [2.05, 4.69) is 4.74 Å². The van der Waals surface area contributed by atoms with Crippen LogP contribution in [0.2, 0.25) is 0 Å². The molecule has 0 bridgehead atoms. The Labute approximate surface area is 185 Å². The molecule has 0 aromatic heterocycles. The molecule has 3 aromatic carbocycles. The highest BCUT2D eigenvalue weighted by molar-refractivity contribution is 5.92. The molecule has 0 saturated heterocycles. The largest absolute Gasteiger partial charge is 0.449 e. The van der Waals surface area contributed by atoms with Crippen molar-refractivity contribution in [3.05, 3.63) is 89.0 Å². The first-order chi connectivity index (χ1) is 15.5. The summed E-state index contributed by atoms with van der Waals surface area (Å²) >= 11 is 0. The lowest BCUT2D eigenvalue weighted by molar-refractivity contribution is -0.198. The Morgan fingerprint density at radius 2 is 1.36 bits per heavy atom. The van der Waals surface area contributed by atoms with E-state index in [-0.39, 0.29) is 5.56 Å². The predicted octanol–water partition coefficient (Wildman–Crippen LogP) is 6.27. The third kappa shape index (κ3) is 5.74. The van der Waals surface area contributed by atoms with Gasteiger partial charge in [-0.15, -0.1) is 0 Å². The fourth-order valence-corrected chi connectivity index (χ4v) is 2.76. The third-order valence-electron chi connectivity index (χ3n) is 4.69. The molecule has 0 aliphatic heterocycles. The lowest BCUT2D eigenvalue weighted by Crippen LogP contribution is -2.31. The zero-order chi connectivity index (χ0) is 24.3. The highest BCUT2D eigenvalue weighted by atomic mass is 19.4. The van der Waals surface area contributed by atoms with E-state index in [1.807, 2.05) is 31.2 Å². The molecule has 0 N–H and O–H groups in total. The molecule has 0 fully saturated rings. The number of esters is 2. The van der Waals surface area contributed by atoms with Gasteiger partial charge in [-0.25, -0.2) is 18.4 Å². The minimum absolute atomic E-state index is 0.0492. The standard InChI is InChI=1S/C24H17F5O4/c1-13-3-5-15(6-4-13)16-7-9-17(10-8-16)22(30)33-21-12-19(25)18(11-20(21)26)23(31)32-14(2)24(27,28)29/h3-12,14H,1-2H3. The van der Waals surface area contributed by atoms with Gasteiger partial charge in [0.25, 0.3) is 0 Å². The van der Waals surface area contributed by atoms with Crippen LogP contribution in [0.3, 0.4) is 0 Å². The Morgan fingerprint density at radius 3 is 1.91 bits per heavy atom. The van der Waals surface area contributed by atoms with Gasteiger partial charge in [0, 0.05) is 6.07 Å². The maximum atomic E-state index is 14.3. The van der Waals surface area contributed by atoms with E-state index in [1.165, 1.54) is 12.1 Å². The molecule has 0 amide bonds. The summed E-state index contributed by atoms with van der Waals surface area (Å²) in [5.41, 5.74) is 1.80. The van der Waals surface area contributed by atoms with E-state index >= 15 is 0 Å². The van der Waals surface area contributed by atoms with Gasteiger partial charge in [-0.3, -0.25) is 0 Å². The van der Waals surface area contributed by atoms with E-state index in [4.69, 9.17) is 4.74 Å². The number of hydrogen-bond donors (Lipinski definition) is 0. The fraction of sp³-hybridized carbons (Fsp3) is 0.167. The molecule has 1 unspecified atom stereocenters. The van der Waals surface area contributed by atoms with E-state index in [0.29, 0.717) is 19.1 Å². The second-order valence-electron chi connectivity index (χ2n) is 7.18. The van der Waals surface area contributed by atoms with Crippen LogP contribution >= 0.6 is 0 Å². The second-order valence-corrected chi connectivity index (χ2v) is 7.18. The number of benzene rings is 3. The van der Waals surface area contributed by atoms with Crippen LogP contribution in [0.1, 0.15) is 33.2 Å². The molecule has 0 saturated carbocycles. The van der Waals surface area contributed by atoms with Gasteiger partial charge in [-0.2, -0.15) is 13.2 Å². The maximum Gasteiger partial charge on any atom is 0.425 e. The van der Waals surface area contributed by atoms with E-state index < -0.39 is 47.2 Å². The Bertz CT molecular complexity index is 1170. The number of aryl methyl sites for hydroxylation is 1. The number of rotatable bonds is 5. The average Bonchev–Trinajstić information content (AvgIpc) is 2.76. The van der Waals surface area contributed by atoms with Crippen LogP contribution in [0.4, 0.5) is 22.0 Å². The number of alkyl halides is 3. The van der Waals surface area contributed by atoms with E-state index in [9.17, 15) is 31.5 Å². The molecule has 0 heterocycles. The van der Waals surface area contributed by atoms with Crippen LogP contribution < -0.4 is 4.74 Å². The lowest BCUT2D eigenvalue weighted by Gasteiger charge is -2.16. The molecule has 9 heteroatoms. The van der Waals surface area contributed by atoms with Crippen LogP contribution in [0.5, 0.6) is 5.75 Å².